The Morgan fingerprint density at radius 2 is 2.60 bits per heavy atom. The second kappa shape index (κ2) is 5.07. The molecule has 1 fully saturated rings. The quantitative estimate of drug-likeness (QED) is 0.806. The normalized spacial score (nSPS) is 24.5. The fraction of sp³-hybridized carbons (Fsp3) is 0.636. The first kappa shape index (κ1) is 11.1. The first-order chi connectivity index (χ1) is 7.25. The molecule has 1 aliphatic rings. The number of rotatable bonds is 4. The van der Waals surface area contributed by atoms with E-state index in [9.17, 15) is 5.11 Å². The van der Waals surface area contributed by atoms with E-state index >= 15 is 0 Å². The molecule has 2 N–H and O–H groups in total. The summed E-state index contributed by atoms with van der Waals surface area (Å²) in [6.45, 7) is 2.92. The maximum absolute atomic E-state index is 9.87. The molecule has 3 nitrogen and oxygen atoms in total. The summed E-state index contributed by atoms with van der Waals surface area (Å²) in [5.74, 6) is 0. The number of likely N-dealkylation sites (N-methyl/N-ethyl adjacent to an activating group) is 1. The average molecular weight is 226 g/mol. The minimum Gasteiger partial charge on any atom is -0.386 e. The van der Waals surface area contributed by atoms with Crippen molar-refractivity contribution in [2.45, 2.75) is 18.6 Å². The maximum Gasteiger partial charge on any atom is 0.101 e. The Morgan fingerprint density at radius 3 is 3.20 bits per heavy atom. The van der Waals surface area contributed by atoms with Gasteiger partial charge in [0.15, 0.2) is 0 Å². The summed E-state index contributed by atoms with van der Waals surface area (Å²) in [7, 11) is 2.14. The summed E-state index contributed by atoms with van der Waals surface area (Å²) >= 11 is 1.61. The molecule has 0 radical (unpaired) electrons. The Balaban J connectivity index is 1.74. The minimum atomic E-state index is -0.351. The molecule has 0 amide bonds. The highest BCUT2D eigenvalue weighted by Crippen LogP contribution is 2.18. The highest BCUT2D eigenvalue weighted by molar-refractivity contribution is 7.10. The summed E-state index contributed by atoms with van der Waals surface area (Å²) < 4.78 is 0. The van der Waals surface area contributed by atoms with Crippen molar-refractivity contribution in [1.82, 2.24) is 10.2 Å². The number of hydrogen-bond donors (Lipinski definition) is 2. The third-order valence-electron chi connectivity index (χ3n) is 2.86. The molecule has 2 rings (SSSR count). The van der Waals surface area contributed by atoms with Crippen LogP contribution in [0.15, 0.2) is 17.5 Å². The number of likely N-dealkylation sites (tertiary alicyclic amines) is 1. The lowest BCUT2D eigenvalue weighted by atomic mass is 10.2. The van der Waals surface area contributed by atoms with Crippen LogP contribution in [0.4, 0.5) is 0 Å². The molecule has 1 aromatic rings. The average Bonchev–Trinajstić information content (AvgIpc) is 2.84. The van der Waals surface area contributed by atoms with Gasteiger partial charge in [0.2, 0.25) is 0 Å². The highest BCUT2D eigenvalue weighted by Gasteiger charge is 2.19. The molecule has 0 saturated carbocycles. The Bertz CT molecular complexity index is 289. The van der Waals surface area contributed by atoms with Gasteiger partial charge in [-0.05, 0) is 31.5 Å². The monoisotopic (exact) mass is 226 g/mol. The van der Waals surface area contributed by atoms with E-state index in [1.54, 1.807) is 11.3 Å². The van der Waals surface area contributed by atoms with Crippen molar-refractivity contribution in [2.75, 3.05) is 26.7 Å². The minimum absolute atomic E-state index is 0.351. The van der Waals surface area contributed by atoms with Gasteiger partial charge >= 0.3 is 0 Å². The zero-order valence-corrected chi connectivity index (χ0v) is 9.83. The van der Waals surface area contributed by atoms with E-state index in [0.717, 1.165) is 18.0 Å². The molecule has 0 bridgehead atoms. The molecular weight excluding hydrogens is 208 g/mol. The van der Waals surface area contributed by atoms with Crippen LogP contribution in [0.1, 0.15) is 17.4 Å². The van der Waals surface area contributed by atoms with Crippen LogP contribution in [0.2, 0.25) is 0 Å². The van der Waals surface area contributed by atoms with E-state index in [-0.39, 0.29) is 6.10 Å². The van der Waals surface area contributed by atoms with Gasteiger partial charge in [0, 0.05) is 24.0 Å². The SMILES string of the molecule is CN1CCC(NCC(O)c2cccs2)C1. The van der Waals surface area contributed by atoms with Crippen LogP contribution in [0.5, 0.6) is 0 Å². The Labute approximate surface area is 94.7 Å². The summed E-state index contributed by atoms with van der Waals surface area (Å²) in [6.07, 6.45) is 0.837. The van der Waals surface area contributed by atoms with E-state index in [1.807, 2.05) is 17.5 Å². The van der Waals surface area contributed by atoms with Crippen LogP contribution in [0.25, 0.3) is 0 Å². The fourth-order valence-corrected chi connectivity index (χ4v) is 2.67. The highest BCUT2D eigenvalue weighted by atomic mass is 32.1. The summed E-state index contributed by atoms with van der Waals surface area (Å²) in [5, 5.41) is 15.3. The lowest BCUT2D eigenvalue weighted by molar-refractivity contribution is 0.173. The standard InChI is InChI=1S/C11H18N2OS/c1-13-5-4-9(8-13)12-7-10(14)11-3-2-6-15-11/h2-3,6,9-10,12,14H,4-5,7-8H2,1H3. The van der Waals surface area contributed by atoms with Crippen LogP contribution in [-0.4, -0.2) is 42.7 Å². The number of aliphatic hydroxyl groups excluding tert-OH is 1. The third kappa shape index (κ3) is 3.01. The molecule has 1 aliphatic heterocycles. The molecule has 1 aromatic heterocycles. The van der Waals surface area contributed by atoms with Gasteiger partial charge in [-0.2, -0.15) is 0 Å². The molecule has 84 valence electrons. The molecule has 2 heterocycles. The van der Waals surface area contributed by atoms with Crippen molar-refractivity contribution in [3.63, 3.8) is 0 Å². The summed E-state index contributed by atoms with van der Waals surface area (Å²) in [5.41, 5.74) is 0. The molecular formula is C11H18N2OS. The number of nitrogens with one attached hydrogen (secondary N) is 1. The second-order valence-electron chi connectivity index (χ2n) is 4.19. The molecule has 0 aliphatic carbocycles. The van der Waals surface area contributed by atoms with Crippen molar-refractivity contribution >= 4 is 11.3 Å². The van der Waals surface area contributed by atoms with Crippen LogP contribution < -0.4 is 5.32 Å². The van der Waals surface area contributed by atoms with Crippen LogP contribution >= 0.6 is 11.3 Å². The van der Waals surface area contributed by atoms with Gasteiger partial charge in [-0.15, -0.1) is 11.3 Å². The van der Waals surface area contributed by atoms with Crippen molar-refractivity contribution in [3.05, 3.63) is 22.4 Å². The predicted octanol–water partition coefficient (Wildman–Crippen LogP) is 1.08. The number of hydrogen-bond acceptors (Lipinski definition) is 4. The Morgan fingerprint density at radius 1 is 1.73 bits per heavy atom. The topological polar surface area (TPSA) is 35.5 Å². The lowest BCUT2D eigenvalue weighted by Gasteiger charge is -2.15. The molecule has 1 saturated heterocycles. The van der Waals surface area contributed by atoms with Gasteiger partial charge < -0.3 is 15.3 Å². The Kier molecular flexibility index (Phi) is 3.75. The van der Waals surface area contributed by atoms with Crippen LogP contribution in [0.3, 0.4) is 0 Å². The van der Waals surface area contributed by atoms with E-state index in [2.05, 4.69) is 17.3 Å². The van der Waals surface area contributed by atoms with E-state index in [4.69, 9.17) is 0 Å². The molecule has 0 spiro atoms. The van der Waals surface area contributed by atoms with Gasteiger partial charge in [-0.25, -0.2) is 0 Å². The number of thiophene rings is 1. The molecule has 0 aromatic carbocycles. The molecule has 2 atom stereocenters. The Hall–Kier alpha value is -0.420. The lowest BCUT2D eigenvalue weighted by Crippen LogP contribution is -2.34. The fourth-order valence-electron chi connectivity index (χ4n) is 1.96. The van der Waals surface area contributed by atoms with Crippen LogP contribution in [-0.2, 0) is 0 Å². The number of nitrogens with zero attached hydrogens (tertiary/aromatic N) is 1. The predicted molar refractivity (Wildman–Crippen MR) is 63.2 cm³/mol. The number of aliphatic hydroxyl groups is 1. The molecule has 4 heteroatoms. The first-order valence-corrected chi connectivity index (χ1v) is 6.27. The summed E-state index contributed by atoms with van der Waals surface area (Å²) in [6, 6.07) is 4.51. The third-order valence-corrected chi connectivity index (χ3v) is 3.84. The van der Waals surface area contributed by atoms with Crippen molar-refractivity contribution < 1.29 is 5.11 Å². The first-order valence-electron chi connectivity index (χ1n) is 5.39. The van der Waals surface area contributed by atoms with Crippen molar-refractivity contribution in [3.8, 4) is 0 Å². The zero-order valence-electron chi connectivity index (χ0n) is 9.02. The van der Waals surface area contributed by atoms with Crippen molar-refractivity contribution in [1.29, 1.82) is 0 Å². The van der Waals surface area contributed by atoms with E-state index in [0.29, 0.717) is 12.6 Å². The maximum atomic E-state index is 9.87. The van der Waals surface area contributed by atoms with Crippen molar-refractivity contribution in [2.24, 2.45) is 0 Å². The largest absolute Gasteiger partial charge is 0.386 e. The molecule has 2 unspecified atom stereocenters. The van der Waals surface area contributed by atoms with E-state index < -0.39 is 0 Å². The van der Waals surface area contributed by atoms with Gasteiger partial charge in [0.05, 0.1) is 0 Å². The second-order valence-corrected chi connectivity index (χ2v) is 5.17. The smallest absolute Gasteiger partial charge is 0.101 e. The van der Waals surface area contributed by atoms with E-state index in [1.165, 1.54) is 6.42 Å². The summed E-state index contributed by atoms with van der Waals surface area (Å²) in [4.78, 5) is 3.36. The van der Waals surface area contributed by atoms with Gasteiger partial charge in [-0.3, -0.25) is 0 Å². The van der Waals surface area contributed by atoms with Gasteiger partial charge in [0.25, 0.3) is 0 Å². The zero-order chi connectivity index (χ0) is 10.7. The van der Waals surface area contributed by atoms with Gasteiger partial charge in [-0.1, -0.05) is 6.07 Å². The van der Waals surface area contributed by atoms with Gasteiger partial charge in [0.1, 0.15) is 6.10 Å². The molecule has 15 heavy (non-hydrogen) atoms. The van der Waals surface area contributed by atoms with Crippen LogP contribution in [0, 0.1) is 0 Å².